The Morgan fingerprint density at radius 2 is 2.19 bits per heavy atom. The lowest BCUT2D eigenvalue weighted by Gasteiger charge is -2.15. The van der Waals surface area contributed by atoms with Crippen LogP contribution in [0.3, 0.4) is 0 Å². The van der Waals surface area contributed by atoms with Gasteiger partial charge in [0, 0.05) is 7.11 Å². The minimum Gasteiger partial charge on any atom is -0.489 e. The highest BCUT2D eigenvalue weighted by atomic mass is 32.2. The maximum atomic E-state index is 12.1. The summed E-state index contributed by atoms with van der Waals surface area (Å²) in [7, 11) is 1.62. The van der Waals surface area contributed by atoms with Crippen molar-refractivity contribution in [3.8, 4) is 5.75 Å². The fourth-order valence-electron chi connectivity index (χ4n) is 1.69. The van der Waals surface area contributed by atoms with E-state index in [2.05, 4.69) is 5.32 Å². The standard InChI is InChI=1S/C15H24N2O3S/c1-11-4-5-13(14(10-11)20-8-7-19-2)17-15(18)12(16)6-9-21-3/h4-5,10,12H,6-9,16H2,1-3H3,(H,17,18)/t12-/m0/s1. The zero-order chi connectivity index (χ0) is 15.7. The van der Waals surface area contributed by atoms with Crippen molar-refractivity contribution >= 4 is 23.4 Å². The van der Waals surface area contributed by atoms with Crippen LogP contribution in [0.5, 0.6) is 5.75 Å². The van der Waals surface area contributed by atoms with Gasteiger partial charge in [-0.05, 0) is 43.0 Å². The molecule has 0 spiro atoms. The van der Waals surface area contributed by atoms with Crippen molar-refractivity contribution in [3.63, 3.8) is 0 Å². The zero-order valence-electron chi connectivity index (χ0n) is 12.8. The normalized spacial score (nSPS) is 12.0. The summed E-state index contributed by atoms with van der Waals surface area (Å²) in [6.45, 7) is 2.90. The fraction of sp³-hybridized carbons (Fsp3) is 0.533. The number of hydrogen-bond acceptors (Lipinski definition) is 5. The van der Waals surface area contributed by atoms with Crippen LogP contribution >= 0.6 is 11.8 Å². The third-order valence-electron chi connectivity index (χ3n) is 2.91. The van der Waals surface area contributed by atoms with Crippen LogP contribution in [0.4, 0.5) is 5.69 Å². The largest absolute Gasteiger partial charge is 0.489 e. The molecule has 0 saturated heterocycles. The van der Waals surface area contributed by atoms with E-state index >= 15 is 0 Å². The van der Waals surface area contributed by atoms with Crippen LogP contribution in [0.1, 0.15) is 12.0 Å². The van der Waals surface area contributed by atoms with E-state index in [0.29, 0.717) is 31.1 Å². The third kappa shape index (κ3) is 6.37. The summed E-state index contributed by atoms with van der Waals surface area (Å²) in [4.78, 5) is 12.1. The van der Waals surface area contributed by atoms with Crippen molar-refractivity contribution in [2.45, 2.75) is 19.4 Å². The van der Waals surface area contributed by atoms with E-state index in [9.17, 15) is 4.79 Å². The van der Waals surface area contributed by atoms with Gasteiger partial charge >= 0.3 is 0 Å². The van der Waals surface area contributed by atoms with Gasteiger partial charge in [0.2, 0.25) is 5.91 Å². The SMILES string of the molecule is COCCOc1cc(C)ccc1NC(=O)[C@@H](N)CCSC. The summed E-state index contributed by atoms with van der Waals surface area (Å²) in [5.41, 5.74) is 7.57. The van der Waals surface area contributed by atoms with E-state index < -0.39 is 6.04 Å². The zero-order valence-corrected chi connectivity index (χ0v) is 13.7. The van der Waals surface area contributed by atoms with Crippen molar-refractivity contribution in [3.05, 3.63) is 23.8 Å². The van der Waals surface area contributed by atoms with Crippen molar-refractivity contribution in [1.82, 2.24) is 0 Å². The predicted octanol–water partition coefficient (Wildman–Crippen LogP) is 2.04. The highest BCUT2D eigenvalue weighted by molar-refractivity contribution is 7.98. The number of ether oxygens (including phenoxy) is 2. The first kappa shape index (κ1) is 17.8. The minimum atomic E-state index is -0.509. The molecule has 0 aliphatic heterocycles. The van der Waals surface area contributed by atoms with E-state index in [-0.39, 0.29) is 5.91 Å². The van der Waals surface area contributed by atoms with E-state index in [0.717, 1.165) is 11.3 Å². The highest BCUT2D eigenvalue weighted by Crippen LogP contribution is 2.26. The first-order chi connectivity index (χ1) is 10.1. The lowest BCUT2D eigenvalue weighted by molar-refractivity contribution is -0.117. The second kappa shape index (κ2) is 9.65. The summed E-state index contributed by atoms with van der Waals surface area (Å²) in [6, 6.07) is 5.13. The monoisotopic (exact) mass is 312 g/mol. The molecule has 1 amide bonds. The van der Waals surface area contributed by atoms with Gasteiger partial charge in [-0.15, -0.1) is 0 Å². The molecule has 0 aliphatic carbocycles. The summed E-state index contributed by atoms with van der Waals surface area (Å²) < 4.78 is 10.6. The van der Waals surface area contributed by atoms with Crippen LogP contribution < -0.4 is 15.8 Å². The Morgan fingerprint density at radius 3 is 2.86 bits per heavy atom. The minimum absolute atomic E-state index is 0.190. The van der Waals surface area contributed by atoms with Gasteiger partial charge in [0.15, 0.2) is 0 Å². The van der Waals surface area contributed by atoms with Gasteiger partial charge < -0.3 is 20.5 Å². The number of amides is 1. The van der Waals surface area contributed by atoms with E-state index in [4.69, 9.17) is 15.2 Å². The number of benzene rings is 1. The molecular weight excluding hydrogens is 288 g/mol. The number of anilines is 1. The Morgan fingerprint density at radius 1 is 1.43 bits per heavy atom. The summed E-state index contributed by atoms with van der Waals surface area (Å²) >= 11 is 1.67. The van der Waals surface area contributed by atoms with Crippen molar-refractivity contribution in [1.29, 1.82) is 0 Å². The average Bonchev–Trinajstić information content (AvgIpc) is 2.47. The lowest BCUT2D eigenvalue weighted by Crippen LogP contribution is -2.36. The molecule has 0 saturated carbocycles. The second-order valence-corrected chi connectivity index (χ2v) is 5.70. The maximum absolute atomic E-state index is 12.1. The maximum Gasteiger partial charge on any atom is 0.241 e. The molecule has 0 fully saturated rings. The predicted molar refractivity (Wildman–Crippen MR) is 88.2 cm³/mol. The molecule has 0 radical (unpaired) electrons. The van der Waals surface area contributed by atoms with Crippen LogP contribution in [0, 0.1) is 6.92 Å². The fourth-order valence-corrected chi connectivity index (χ4v) is 2.18. The van der Waals surface area contributed by atoms with Gasteiger partial charge in [-0.3, -0.25) is 4.79 Å². The molecule has 1 aromatic carbocycles. The first-order valence-electron chi connectivity index (χ1n) is 6.86. The summed E-state index contributed by atoms with van der Waals surface area (Å²) in [6.07, 6.45) is 2.64. The van der Waals surface area contributed by atoms with E-state index in [1.165, 1.54) is 0 Å². The Hall–Kier alpha value is -1.24. The number of carbonyl (C=O) groups is 1. The molecular formula is C15H24N2O3S. The van der Waals surface area contributed by atoms with E-state index in [1.807, 2.05) is 31.4 Å². The molecule has 1 rings (SSSR count). The number of aryl methyl sites for hydroxylation is 1. The number of thioether (sulfide) groups is 1. The number of nitrogens with one attached hydrogen (secondary N) is 1. The van der Waals surface area contributed by atoms with Gasteiger partial charge in [0.1, 0.15) is 12.4 Å². The molecule has 6 heteroatoms. The molecule has 3 N–H and O–H groups in total. The molecule has 5 nitrogen and oxygen atoms in total. The molecule has 1 atom stereocenters. The quantitative estimate of drug-likeness (QED) is 0.683. The highest BCUT2D eigenvalue weighted by Gasteiger charge is 2.15. The molecule has 0 unspecified atom stereocenters. The molecule has 0 heterocycles. The van der Waals surface area contributed by atoms with Gasteiger partial charge in [-0.25, -0.2) is 0 Å². The topological polar surface area (TPSA) is 73.6 Å². The second-order valence-electron chi connectivity index (χ2n) is 4.72. The third-order valence-corrected chi connectivity index (χ3v) is 3.55. The van der Waals surface area contributed by atoms with Gasteiger partial charge in [-0.1, -0.05) is 6.07 Å². The van der Waals surface area contributed by atoms with Gasteiger partial charge in [0.25, 0.3) is 0 Å². The number of rotatable bonds is 9. The van der Waals surface area contributed by atoms with Crippen LogP contribution in [0.25, 0.3) is 0 Å². The van der Waals surface area contributed by atoms with Crippen LogP contribution in [0.2, 0.25) is 0 Å². The summed E-state index contributed by atoms with van der Waals surface area (Å²) in [5.74, 6) is 1.31. The van der Waals surface area contributed by atoms with Crippen molar-refractivity contribution in [2.24, 2.45) is 5.73 Å². The Balaban J connectivity index is 2.70. The smallest absolute Gasteiger partial charge is 0.241 e. The molecule has 0 aliphatic rings. The Bertz CT molecular complexity index is 455. The number of hydrogen-bond donors (Lipinski definition) is 2. The van der Waals surface area contributed by atoms with Crippen molar-refractivity contribution < 1.29 is 14.3 Å². The van der Waals surface area contributed by atoms with Crippen LogP contribution in [-0.4, -0.2) is 44.3 Å². The molecule has 118 valence electrons. The molecule has 0 aromatic heterocycles. The molecule has 1 aromatic rings. The van der Waals surface area contributed by atoms with Crippen LogP contribution in [-0.2, 0) is 9.53 Å². The number of nitrogens with two attached hydrogens (primary N) is 1. The average molecular weight is 312 g/mol. The van der Waals surface area contributed by atoms with Gasteiger partial charge in [-0.2, -0.15) is 11.8 Å². The molecule has 21 heavy (non-hydrogen) atoms. The number of carbonyl (C=O) groups excluding carboxylic acids is 1. The van der Waals surface area contributed by atoms with Crippen molar-refractivity contribution in [2.75, 3.05) is 37.6 Å². The first-order valence-corrected chi connectivity index (χ1v) is 8.25. The number of methoxy groups -OCH3 is 1. The Labute approximate surface area is 130 Å². The Kier molecular flexibility index (Phi) is 8.19. The van der Waals surface area contributed by atoms with Gasteiger partial charge in [0.05, 0.1) is 18.3 Å². The summed E-state index contributed by atoms with van der Waals surface area (Å²) in [5, 5.41) is 2.83. The molecule has 0 bridgehead atoms. The lowest BCUT2D eigenvalue weighted by atomic mass is 10.2. The van der Waals surface area contributed by atoms with E-state index in [1.54, 1.807) is 18.9 Å². The van der Waals surface area contributed by atoms with Crippen LogP contribution in [0.15, 0.2) is 18.2 Å².